The van der Waals surface area contributed by atoms with E-state index in [0.29, 0.717) is 0 Å². The van der Waals surface area contributed by atoms with Crippen molar-refractivity contribution in [3.05, 3.63) is 53.3 Å². The lowest BCUT2D eigenvalue weighted by molar-refractivity contribution is -0.0605. The lowest BCUT2D eigenvalue weighted by Gasteiger charge is -2.25. The smallest absolute Gasteiger partial charge is 0.133 e. The highest BCUT2D eigenvalue weighted by Crippen LogP contribution is 2.42. The van der Waals surface area contributed by atoms with Gasteiger partial charge in [0, 0.05) is 23.5 Å². The van der Waals surface area contributed by atoms with Gasteiger partial charge in [0.15, 0.2) is 0 Å². The third-order valence-electron chi connectivity index (χ3n) is 3.86. The Labute approximate surface area is 132 Å². The first-order chi connectivity index (χ1) is 10.4. The molecule has 116 valence electrons. The number of hydrogen-bond donors (Lipinski definition) is 0. The van der Waals surface area contributed by atoms with E-state index in [9.17, 15) is 0 Å². The van der Waals surface area contributed by atoms with Gasteiger partial charge < -0.3 is 9.47 Å². The molecule has 1 atom stereocenters. The number of rotatable bonds is 3. The highest BCUT2D eigenvalue weighted by molar-refractivity contribution is 5.47. The molecule has 2 aromatic rings. The minimum atomic E-state index is -0.134. The molecule has 3 rings (SSSR count). The van der Waals surface area contributed by atoms with E-state index in [1.165, 1.54) is 11.1 Å². The Balaban J connectivity index is 1.88. The van der Waals surface area contributed by atoms with Crippen LogP contribution in [0.2, 0.25) is 0 Å². The Morgan fingerprint density at radius 2 is 1.95 bits per heavy atom. The van der Waals surface area contributed by atoms with Crippen LogP contribution in [0.3, 0.4) is 0 Å². The second kappa shape index (κ2) is 5.73. The first-order valence-electron chi connectivity index (χ1n) is 7.82. The van der Waals surface area contributed by atoms with Gasteiger partial charge in [-0.05, 0) is 58.2 Å². The van der Waals surface area contributed by atoms with Gasteiger partial charge in [-0.2, -0.15) is 0 Å². The zero-order chi connectivity index (χ0) is 15.7. The predicted octanol–water partition coefficient (Wildman–Crippen LogP) is 4.98. The predicted molar refractivity (Wildman–Crippen MR) is 87.4 cm³/mol. The maximum atomic E-state index is 6.19. The normalized spacial score (nSPS) is 17.4. The van der Waals surface area contributed by atoms with Crippen molar-refractivity contribution in [2.24, 2.45) is 0 Å². The van der Waals surface area contributed by atoms with Crippen molar-refractivity contribution in [2.75, 3.05) is 0 Å². The Morgan fingerprint density at radius 3 is 2.68 bits per heavy atom. The number of aryl methyl sites for hydroxylation is 1. The first-order valence-corrected chi connectivity index (χ1v) is 7.82. The van der Waals surface area contributed by atoms with Crippen LogP contribution in [0.5, 0.6) is 11.5 Å². The number of nitrogens with zero attached hydrogens (tertiary/aromatic N) is 1. The number of aromatic nitrogens is 1. The van der Waals surface area contributed by atoms with Gasteiger partial charge in [-0.15, -0.1) is 0 Å². The molecule has 22 heavy (non-hydrogen) atoms. The standard InChI is InChI=1S/C19H23NO2/c1-13-12-20-11-10-16(13)21-17-7-5-6-14-15(17)8-9-18(14)22-19(2,3)4/h5-7,10-12,18H,8-9H2,1-4H3. The summed E-state index contributed by atoms with van der Waals surface area (Å²) in [7, 11) is 0. The summed E-state index contributed by atoms with van der Waals surface area (Å²) in [4.78, 5) is 4.11. The topological polar surface area (TPSA) is 31.4 Å². The summed E-state index contributed by atoms with van der Waals surface area (Å²) in [6, 6.07) is 8.16. The fourth-order valence-corrected chi connectivity index (χ4v) is 2.92. The summed E-state index contributed by atoms with van der Waals surface area (Å²) in [5, 5.41) is 0. The van der Waals surface area contributed by atoms with E-state index >= 15 is 0 Å². The summed E-state index contributed by atoms with van der Waals surface area (Å²) in [5.41, 5.74) is 3.44. The highest BCUT2D eigenvalue weighted by atomic mass is 16.5. The molecular weight excluding hydrogens is 274 g/mol. The summed E-state index contributed by atoms with van der Waals surface area (Å²) in [5.74, 6) is 1.80. The molecule has 0 bridgehead atoms. The molecule has 1 aromatic carbocycles. The minimum Gasteiger partial charge on any atom is -0.457 e. The van der Waals surface area contributed by atoms with E-state index in [1.54, 1.807) is 6.20 Å². The highest BCUT2D eigenvalue weighted by Gasteiger charge is 2.29. The van der Waals surface area contributed by atoms with Crippen LogP contribution >= 0.6 is 0 Å². The number of hydrogen-bond acceptors (Lipinski definition) is 3. The van der Waals surface area contributed by atoms with E-state index < -0.39 is 0 Å². The Bertz CT molecular complexity index is 673. The number of pyridine rings is 1. The zero-order valence-electron chi connectivity index (χ0n) is 13.7. The maximum Gasteiger partial charge on any atom is 0.133 e. The van der Waals surface area contributed by atoms with Crippen LogP contribution < -0.4 is 4.74 Å². The molecule has 0 aliphatic heterocycles. The summed E-state index contributed by atoms with van der Waals surface area (Å²) in [6.45, 7) is 8.32. The summed E-state index contributed by atoms with van der Waals surface area (Å²) < 4.78 is 12.3. The second-order valence-electron chi connectivity index (χ2n) is 6.82. The average molecular weight is 297 g/mol. The van der Waals surface area contributed by atoms with Crippen LogP contribution in [0, 0.1) is 6.92 Å². The summed E-state index contributed by atoms with van der Waals surface area (Å²) in [6.07, 6.45) is 5.76. The van der Waals surface area contributed by atoms with E-state index in [0.717, 1.165) is 29.9 Å². The van der Waals surface area contributed by atoms with Gasteiger partial charge in [-0.3, -0.25) is 4.98 Å². The van der Waals surface area contributed by atoms with Crippen molar-refractivity contribution in [1.82, 2.24) is 4.98 Å². The third-order valence-corrected chi connectivity index (χ3v) is 3.86. The Morgan fingerprint density at radius 1 is 1.14 bits per heavy atom. The molecule has 1 heterocycles. The van der Waals surface area contributed by atoms with Crippen LogP contribution in [0.15, 0.2) is 36.7 Å². The van der Waals surface area contributed by atoms with Crippen molar-refractivity contribution >= 4 is 0 Å². The van der Waals surface area contributed by atoms with E-state index in [1.807, 2.05) is 25.3 Å². The molecular formula is C19H23NO2. The Hall–Kier alpha value is -1.87. The molecule has 1 aliphatic carbocycles. The number of fused-ring (bicyclic) bond motifs is 1. The molecule has 0 spiro atoms. The molecule has 0 saturated carbocycles. The quantitative estimate of drug-likeness (QED) is 0.800. The summed E-state index contributed by atoms with van der Waals surface area (Å²) >= 11 is 0. The van der Waals surface area contributed by atoms with Gasteiger partial charge >= 0.3 is 0 Å². The molecule has 3 heteroatoms. The third kappa shape index (κ3) is 3.14. The largest absolute Gasteiger partial charge is 0.457 e. The van der Waals surface area contributed by atoms with Crippen LogP contribution in [0.1, 0.15) is 50.0 Å². The van der Waals surface area contributed by atoms with Crippen molar-refractivity contribution in [1.29, 1.82) is 0 Å². The molecule has 1 aromatic heterocycles. The molecule has 0 radical (unpaired) electrons. The van der Waals surface area contributed by atoms with Crippen LogP contribution in [0.4, 0.5) is 0 Å². The average Bonchev–Trinajstić information content (AvgIpc) is 2.84. The van der Waals surface area contributed by atoms with E-state index in [4.69, 9.17) is 9.47 Å². The van der Waals surface area contributed by atoms with Crippen LogP contribution in [-0.2, 0) is 11.2 Å². The van der Waals surface area contributed by atoms with Crippen molar-refractivity contribution in [3.63, 3.8) is 0 Å². The van der Waals surface area contributed by atoms with Crippen molar-refractivity contribution < 1.29 is 9.47 Å². The molecule has 0 amide bonds. The first kappa shape index (κ1) is 15.0. The number of ether oxygens (including phenoxy) is 2. The SMILES string of the molecule is Cc1cnccc1Oc1cccc2c1CCC2OC(C)(C)C. The maximum absolute atomic E-state index is 6.19. The molecule has 1 aliphatic rings. The van der Waals surface area contributed by atoms with Gasteiger partial charge in [-0.25, -0.2) is 0 Å². The van der Waals surface area contributed by atoms with Gasteiger partial charge in [0.05, 0.1) is 11.7 Å². The lowest BCUT2D eigenvalue weighted by atomic mass is 10.1. The van der Waals surface area contributed by atoms with Crippen molar-refractivity contribution in [2.45, 2.75) is 52.2 Å². The second-order valence-corrected chi connectivity index (χ2v) is 6.82. The fraction of sp³-hybridized carbons (Fsp3) is 0.421. The zero-order valence-corrected chi connectivity index (χ0v) is 13.7. The van der Waals surface area contributed by atoms with Gasteiger partial charge in [0.2, 0.25) is 0 Å². The lowest BCUT2D eigenvalue weighted by Crippen LogP contribution is -2.21. The van der Waals surface area contributed by atoms with Crippen LogP contribution in [-0.4, -0.2) is 10.6 Å². The van der Waals surface area contributed by atoms with Crippen molar-refractivity contribution in [3.8, 4) is 11.5 Å². The van der Waals surface area contributed by atoms with Gasteiger partial charge in [0.1, 0.15) is 11.5 Å². The fourth-order valence-electron chi connectivity index (χ4n) is 2.92. The van der Waals surface area contributed by atoms with Gasteiger partial charge in [-0.1, -0.05) is 12.1 Å². The molecule has 1 unspecified atom stereocenters. The van der Waals surface area contributed by atoms with E-state index in [2.05, 4.69) is 37.9 Å². The molecule has 0 N–H and O–H groups in total. The monoisotopic (exact) mass is 297 g/mol. The molecule has 3 nitrogen and oxygen atoms in total. The Kier molecular flexibility index (Phi) is 3.92. The van der Waals surface area contributed by atoms with E-state index in [-0.39, 0.29) is 11.7 Å². The van der Waals surface area contributed by atoms with Gasteiger partial charge in [0.25, 0.3) is 0 Å². The molecule has 0 saturated heterocycles. The molecule has 0 fully saturated rings. The van der Waals surface area contributed by atoms with Crippen LogP contribution in [0.25, 0.3) is 0 Å². The minimum absolute atomic E-state index is 0.134. The number of benzene rings is 1.